The third kappa shape index (κ3) is 2.85. The molecule has 0 amide bonds. The second kappa shape index (κ2) is 5.50. The number of aromatic amines is 1. The lowest BCUT2D eigenvalue weighted by Gasteiger charge is -2.05. The monoisotopic (exact) mass is 301 g/mol. The number of nitrogens with one attached hydrogen (secondary N) is 1. The van der Waals surface area contributed by atoms with E-state index >= 15 is 0 Å². The number of carboxylic acids is 1. The highest BCUT2D eigenvalue weighted by molar-refractivity contribution is 6.30. The first-order chi connectivity index (χ1) is 10.1. The molecular weight excluding hydrogens is 290 g/mol. The quantitative estimate of drug-likeness (QED) is 0.762. The molecule has 0 bridgehead atoms. The summed E-state index contributed by atoms with van der Waals surface area (Å²) in [5.41, 5.74) is 2.05. The average molecular weight is 302 g/mol. The largest absolute Gasteiger partial charge is 0.489 e. The molecule has 106 valence electrons. The molecule has 1 aromatic heterocycles. The standard InChI is InChI=1S/C16H12ClNO3/c17-12-2-4-13(5-3-12)21-9-11-8-18-15-6-1-10(16(19)20)7-14(11)15/h1-8,18H,9H2,(H,19,20). The van der Waals surface area contributed by atoms with Crippen molar-refractivity contribution in [3.05, 3.63) is 64.8 Å². The summed E-state index contributed by atoms with van der Waals surface area (Å²) in [5.74, 6) is -0.231. The Morgan fingerprint density at radius 3 is 2.67 bits per heavy atom. The minimum absolute atomic E-state index is 0.259. The number of ether oxygens (including phenoxy) is 1. The molecule has 2 N–H and O–H groups in total. The normalized spacial score (nSPS) is 10.7. The van der Waals surface area contributed by atoms with Gasteiger partial charge in [-0.05, 0) is 42.5 Å². The molecule has 3 rings (SSSR count). The van der Waals surface area contributed by atoms with E-state index in [-0.39, 0.29) is 5.56 Å². The number of halogens is 1. The Hall–Kier alpha value is -2.46. The number of hydrogen-bond acceptors (Lipinski definition) is 2. The van der Waals surface area contributed by atoms with Gasteiger partial charge in [-0.2, -0.15) is 0 Å². The van der Waals surface area contributed by atoms with E-state index in [4.69, 9.17) is 21.4 Å². The number of carbonyl (C=O) groups is 1. The van der Waals surface area contributed by atoms with Crippen molar-refractivity contribution < 1.29 is 14.6 Å². The first-order valence-electron chi connectivity index (χ1n) is 6.35. The minimum Gasteiger partial charge on any atom is -0.489 e. The molecule has 0 fully saturated rings. The fraction of sp³-hybridized carbons (Fsp3) is 0.0625. The zero-order valence-corrected chi connectivity index (χ0v) is 11.7. The Bertz CT molecular complexity index is 793. The second-order valence-electron chi connectivity index (χ2n) is 4.62. The third-order valence-corrected chi connectivity index (χ3v) is 3.47. The molecule has 5 heteroatoms. The van der Waals surface area contributed by atoms with Crippen LogP contribution in [0.1, 0.15) is 15.9 Å². The van der Waals surface area contributed by atoms with E-state index in [2.05, 4.69) is 4.98 Å². The summed E-state index contributed by atoms with van der Waals surface area (Å²) in [4.78, 5) is 14.1. The summed E-state index contributed by atoms with van der Waals surface area (Å²) in [6, 6.07) is 12.1. The van der Waals surface area contributed by atoms with Crippen molar-refractivity contribution in [2.24, 2.45) is 0 Å². The van der Waals surface area contributed by atoms with Gasteiger partial charge in [0.1, 0.15) is 12.4 Å². The van der Waals surface area contributed by atoms with E-state index in [1.807, 2.05) is 6.20 Å². The number of carboxylic acid groups (broad SMARTS) is 1. The first-order valence-corrected chi connectivity index (χ1v) is 6.73. The molecule has 0 radical (unpaired) electrons. The smallest absolute Gasteiger partial charge is 0.335 e. The van der Waals surface area contributed by atoms with Gasteiger partial charge in [0, 0.05) is 27.7 Å². The molecule has 3 aromatic rings. The highest BCUT2D eigenvalue weighted by Crippen LogP contribution is 2.22. The van der Waals surface area contributed by atoms with Gasteiger partial charge in [0.15, 0.2) is 0 Å². The molecule has 0 saturated carbocycles. The van der Waals surface area contributed by atoms with Gasteiger partial charge < -0.3 is 14.8 Å². The molecule has 21 heavy (non-hydrogen) atoms. The van der Waals surface area contributed by atoms with Gasteiger partial charge in [-0.1, -0.05) is 11.6 Å². The minimum atomic E-state index is -0.942. The first kappa shape index (κ1) is 13.5. The summed E-state index contributed by atoms with van der Waals surface area (Å²) in [6.45, 7) is 0.352. The van der Waals surface area contributed by atoms with Crippen LogP contribution in [0.2, 0.25) is 5.02 Å². The predicted octanol–water partition coefficient (Wildman–Crippen LogP) is 4.10. The van der Waals surface area contributed by atoms with Gasteiger partial charge >= 0.3 is 5.97 Å². The highest BCUT2D eigenvalue weighted by atomic mass is 35.5. The van der Waals surface area contributed by atoms with Crippen LogP contribution in [0.3, 0.4) is 0 Å². The summed E-state index contributed by atoms with van der Waals surface area (Å²) in [6.07, 6.45) is 1.83. The van der Waals surface area contributed by atoms with Crippen molar-refractivity contribution in [2.45, 2.75) is 6.61 Å². The molecule has 2 aromatic carbocycles. The van der Waals surface area contributed by atoms with E-state index < -0.39 is 5.97 Å². The van der Waals surface area contributed by atoms with E-state index in [1.165, 1.54) is 0 Å². The maximum absolute atomic E-state index is 11.0. The summed E-state index contributed by atoms with van der Waals surface area (Å²) in [5, 5.41) is 10.6. The van der Waals surface area contributed by atoms with Crippen LogP contribution in [0.5, 0.6) is 5.75 Å². The maximum atomic E-state index is 11.0. The highest BCUT2D eigenvalue weighted by Gasteiger charge is 2.09. The number of aromatic nitrogens is 1. The second-order valence-corrected chi connectivity index (χ2v) is 5.06. The number of H-pyrrole nitrogens is 1. The number of rotatable bonds is 4. The number of hydrogen-bond donors (Lipinski definition) is 2. The van der Waals surface area contributed by atoms with Gasteiger partial charge in [-0.25, -0.2) is 4.79 Å². The van der Waals surface area contributed by atoms with Gasteiger partial charge in [0.25, 0.3) is 0 Å². The van der Waals surface area contributed by atoms with Gasteiger partial charge in [0.2, 0.25) is 0 Å². The van der Waals surface area contributed by atoms with Gasteiger partial charge in [-0.15, -0.1) is 0 Å². The molecule has 0 saturated heterocycles. The molecule has 0 unspecified atom stereocenters. The zero-order chi connectivity index (χ0) is 14.8. The lowest BCUT2D eigenvalue weighted by molar-refractivity contribution is 0.0697. The van der Waals surface area contributed by atoms with Gasteiger partial charge in [-0.3, -0.25) is 0 Å². The molecule has 0 aliphatic carbocycles. The molecule has 0 aliphatic rings. The fourth-order valence-electron chi connectivity index (χ4n) is 2.12. The SMILES string of the molecule is O=C(O)c1ccc2[nH]cc(COc3ccc(Cl)cc3)c2c1. The van der Waals surface area contributed by atoms with Crippen molar-refractivity contribution in [1.29, 1.82) is 0 Å². The van der Waals surface area contributed by atoms with Crippen molar-refractivity contribution in [3.8, 4) is 5.75 Å². The van der Waals surface area contributed by atoms with E-state index in [1.54, 1.807) is 42.5 Å². The lowest BCUT2D eigenvalue weighted by atomic mass is 10.1. The van der Waals surface area contributed by atoms with Crippen LogP contribution < -0.4 is 4.74 Å². The third-order valence-electron chi connectivity index (χ3n) is 3.22. The Morgan fingerprint density at radius 2 is 1.95 bits per heavy atom. The maximum Gasteiger partial charge on any atom is 0.335 e. The molecular formula is C16H12ClNO3. The molecule has 0 spiro atoms. The van der Waals surface area contributed by atoms with E-state index in [9.17, 15) is 4.79 Å². The van der Waals surface area contributed by atoms with Crippen LogP contribution >= 0.6 is 11.6 Å². The topological polar surface area (TPSA) is 62.3 Å². The Labute approximate surface area is 125 Å². The van der Waals surface area contributed by atoms with Crippen molar-refractivity contribution >= 4 is 28.5 Å². The van der Waals surface area contributed by atoms with Crippen molar-refractivity contribution in [3.63, 3.8) is 0 Å². The number of benzene rings is 2. The van der Waals surface area contributed by atoms with Crippen molar-refractivity contribution in [2.75, 3.05) is 0 Å². The summed E-state index contributed by atoms with van der Waals surface area (Å²) >= 11 is 5.82. The van der Waals surface area contributed by atoms with Crippen molar-refractivity contribution in [1.82, 2.24) is 4.98 Å². The van der Waals surface area contributed by atoms with Crippen LogP contribution in [0, 0.1) is 0 Å². The summed E-state index contributed by atoms with van der Waals surface area (Å²) < 4.78 is 5.69. The molecule has 0 atom stereocenters. The number of fused-ring (bicyclic) bond motifs is 1. The Balaban J connectivity index is 1.84. The van der Waals surface area contributed by atoms with E-state index in [0.717, 1.165) is 16.5 Å². The Morgan fingerprint density at radius 1 is 1.19 bits per heavy atom. The van der Waals surface area contributed by atoms with Crippen LogP contribution in [0.25, 0.3) is 10.9 Å². The van der Waals surface area contributed by atoms with Gasteiger partial charge in [0.05, 0.1) is 5.56 Å². The van der Waals surface area contributed by atoms with Crippen LogP contribution in [0.4, 0.5) is 0 Å². The summed E-state index contributed by atoms with van der Waals surface area (Å²) in [7, 11) is 0. The predicted molar refractivity (Wildman–Crippen MR) is 81.0 cm³/mol. The zero-order valence-electron chi connectivity index (χ0n) is 11.0. The van der Waals surface area contributed by atoms with Crippen LogP contribution in [-0.2, 0) is 6.61 Å². The van der Waals surface area contributed by atoms with Crippen LogP contribution in [-0.4, -0.2) is 16.1 Å². The van der Waals surface area contributed by atoms with Crippen LogP contribution in [0.15, 0.2) is 48.7 Å². The number of aromatic carboxylic acids is 1. The molecule has 1 heterocycles. The fourth-order valence-corrected chi connectivity index (χ4v) is 2.25. The molecule has 0 aliphatic heterocycles. The van der Waals surface area contributed by atoms with E-state index in [0.29, 0.717) is 17.4 Å². The Kier molecular flexibility index (Phi) is 3.54. The lowest BCUT2D eigenvalue weighted by Crippen LogP contribution is -1.97. The average Bonchev–Trinajstić information content (AvgIpc) is 2.89. The molecule has 4 nitrogen and oxygen atoms in total.